The molecule has 0 amide bonds. The van der Waals surface area contributed by atoms with Crippen molar-refractivity contribution in [3.63, 3.8) is 0 Å². The molecule has 0 saturated carbocycles. The van der Waals surface area contributed by atoms with E-state index in [9.17, 15) is 14.9 Å². The van der Waals surface area contributed by atoms with Crippen LogP contribution in [0.5, 0.6) is 5.75 Å². The van der Waals surface area contributed by atoms with Crippen LogP contribution in [0.15, 0.2) is 59.2 Å². The molecule has 3 rings (SSSR count). The number of non-ortho nitro benzene ring substituents is 1. The van der Waals surface area contributed by atoms with Crippen molar-refractivity contribution in [2.75, 3.05) is 7.11 Å². The van der Waals surface area contributed by atoms with Gasteiger partial charge in [-0.05, 0) is 48.0 Å². The number of hydrogen-bond donors (Lipinski definition) is 0. The van der Waals surface area contributed by atoms with Crippen molar-refractivity contribution in [3.8, 4) is 5.75 Å². The van der Waals surface area contributed by atoms with Gasteiger partial charge in [-0.2, -0.15) is 0 Å². The molecule has 24 heavy (non-hydrogen) atoms. The first-order chi connectivity index (χ1) is 11.6. The maximum absolute atomic E-state index is 11.9. The molecular formula is C17H12N2O5. The van der Waals surface area contributed by atoms with Gasteiger partial charge in [0.25, 0.3) is 5.69 Å². The Morgan fingerprint density at radius 2 is 1.79 bits per heavy atom. The van der Waals surface area contributed by atoms with Gasteiger partial charge in [0, 0.05) is 17.7 Å². The van der Waals surface area contributed by atoms with Gasteiger partial charge >= 0.3 is 5.97 Å². The predicted octanol–water partition coefficient (Wildman–Crippen LogP) is 2.95. The van der Waals surface area contributed by atoms with Crippen molar-refractivity contribution in [3.05, 3.63) is 75.5 Å². The van der Waals surface area contributed by atoms with Crippen molar-refractivity contribution < 1.29 is 19.2 Å². The summed E-state index contributed by atoms with van der Waals surface area (Å²) < 4.78 is 10.2. The van der Waals surface area contributed by atoms with Crippen LogP contribution in [0.1, 0.15) is 11.1 Å². The summed E-state index contributed by atoms with van der Waals surface area (Å²) in [4.78, 5) is 26.3. The maximum atomic E-state index is 11.9. The molecule has 2 aromatic carbocycles. The van der Waals surface area contributed by atoms with Gasteiger partial charge in [-0.25, -0.2) is 9.79 Å². The van der Waals surface area contributed by atoms with E-state index in [1.54, 1.807) is 43.5 Å². The van der Waals surface area contributed by atoms with E-state index in [0.29, 0.717) is 16.9 Å². The second-order valence-corrected chi connectivity index (χ2v) is 4.91. The zero-order valence-electron chi connectivity index (χ0n) is 12.6. The zero-order chi connectivity index (χ0) is 17.1. The smallest absolute Gasteiger partial charge is 0.363 e. The van der Waals surface area contributed by atoms with Crippen LogP contribution in [0.2, 0.25) is 0 Å². The first kappa shape index (κ1) is 15.4. The van der Waals surface area contributed by atoms with Gasteiger partial charge in [0.1, 0.15) is 5.75 Å². The van der Waals surface area contributed by atoms with E-state index in [1.165, 1.54) is 18.2 Å². The summed E-state index contributed by atoms with van der Waals surface area (Å²) >= 11 is 0. The number of aliphatic imine (C=N–C) groups is 1. The predicted molar refractivity (Wildman–Crippen MR) is 86.7 cm³/mol. The number of carbonyl (C=O) groups is 1. The number of methoxy groups -OCH3 is 1. The normalized spacial score (nSPS) is 15.1. The van der Waals surface area contributed by atoms with Crippen LogP contribution in [0.25, 0.3) is 6.08 Å². The molecule has 120 valence electrons. The molecule has 0 atom stereocenters. The number of benzene rings is 2. The third-order valence-corrected chi connectivity index (χ3v) is 3.36. The van der Waals surface area contributed by atoms with Crippen LogP contribution in [0.4, 0.5) is 5.69 Å². The van der Waals surface area contributed by atoms with Gasteiger partial charge in [0.05, 0.1) is 12.0 Å². The van der Waals surface area contributed by atoms with E-state index >= 15 is 0 Å². The molecule has 0 aromatic heterocycles. The third-order valence-electron chi connectivity index (χ3n) is 3.36. The van der Waals surface area contributed by atoms with Gasteiger partial charge in [0.15, 0.2) is 5.70 Å². The molecule has 0 saturated heterocycles. The zero-order valence-corrected chi connectivity index (χ0v) is 12.6. The second-order valence-electron chi connectivity index (χ2n) is 4.91. The largest absolute Gasteiger partial charge is 0.497 e. The lowest BCUT2D eigenvalue weighted by Gasteiger charge is -2.01. The molecule has 1 aliphatic rings. The Kier molecular flexibility index (Phi) is 4.07. The average Bonchev–Trinajstić information content (AvgIpc) is 2.96. The maximum Gasteiger partial charge on any atom is 0.363 e. The number of hydrogen-bond acceptors (Lipinski definition) is 6. The minimum atomic E-state index is -0.570. The molecule has 2 aromatic rings. The molecular weight excluding hydrogens is 312 g/mol. The Balaban J connectivity index is 1.86. The molecule has 0 unspecified atom stereocenters. The quantitative estimate of drug-likeness (QED) is 0.373. The first-order valence-electron chi connectivity index (χ1n) is 6.98. The number of rotatable bonds is 4. The number of ether oxygens (including phenoxy) is 2. The fraction of sp³-hybridized carbons (Fsp3) is 0.0588. The van der Waals surface area contributed by atoms with E-state index in [4.69, 9.17) is 9.47 Å². The number of cyclic esters (lactones) is 1. The van der Waals surface area contributed by atoms with Gasteiger partial charge in [0.2, 0.25) is 5.90 Å². The minimum absolute atomic E-state index is 0.0198. The Morgan fingerprint density at radius 3 is 2.38 bits per heavy atom. The van der Waals surface area contributed by atoms with Crippen LogP contribution >= 0.6 is 0 Å². The molecule has 0 bridgehead atoms. The van der Waals surface area contributed by atoms with Crippen LogP contribution in [-0.4, -0.2) is 23.9 Å². The van der Waals surface area contributed by atoms with Crippen molar-refractivity contribution in [1.82, 2.24) is 0 Å². The highest BCUT2D eigenvalue weighted by Gasteiger charge is 2.24. The van der Waals surface area contributed by atoms with Gasteiger partial charge in [-0.1, -0.05) is 0 Å². The number of nitrogens with zero attached hydrogens (tertiary/aromatic N) is 2. The lowest BCUT2D eigenvalue weighted by molar-refractivity contribution is -0.384. The van der Waals surface area contributed by atoms with E-state index in [2.05, 4.69) is 4.99 Å². The highest BCUT2D eigenvalue weighted by Crippen LogP contribution is 2.21. The van der Waals surface area contributed by atoms with Gasteiger partial charge < -0.3 is 9.47 Å². The molecule has 0 spiro atoms. The summed E-state index contributed by atoms with van der Waals surface area (Å²) in [6, 6.07) is 12.8. The Hall–Kier alpha value is -3.48. The van der Waals surface area contributed by atoms with Crippen molar-refractivity contribution in [2.45, 2.75) is 0 Å². The molecule has 1 aliphatic heterocycles. The van der Waals surface area contributed by atoms with E-state index in [-0.39, 0.29) is 17.3 Å². The molecule has 0 aliphatic carbocycles. The molecule has 7 heteroatoms. The highest BCUT2D eigenvalue weighted by atomic mass is 16.6. The summed E-state index contributed by atoms with van der Waals surface area (Å²) in [6.45, 7) is 0. The number of nitro benzene ring substituents is 1. The van der Waals surface area contributed by atoms with E-state index in [1.807, 2.05) is 0 Å². The van der Waals surface area contributed by atoms with Crippen molar-refractivity contribution >= 4 is 23.6 Å². The second kappa shape index (κ2) is 6.33. The van der Waals surface area contributed by atoms with E-state index in [0.717, 1.165) is 0 Å². The van der Waals surface area contributed by atoms with Crippen LogP contribution < -0.4 is 4.74 Å². The number of esters is 1. The molecule has 1 heterocycles. The van der Waals surface area contributed by atoms with E-state index < -0.39 is 10.9 Å². The monoisotopic (exact) mass is 324 g/mol. The lowest BCUT2D eigenvalue weighted by atomic mass is 10.2. The first-order valence-corrected chi connectivity index (χ1v) is 6.98. The topological polar surface area (TPSA) is 91.0 Å². The number of nitro groups is 1. The lowest BCUT2D eigenvalue weighted by Crippen LogP contribution is -2.05. The Morgan fingerprint density at radius 1 is 1.12 bits per heavy atom. The Labute approximate surface area is 137 Å². The molecule has 0 radical (unpaired) electrons. The van der Waals surface area contributed by atoms with Gasteiger partial charge in [-0.3, -0.25) is 10.1 Å². The SMILES string of the molecule is COc1ccc(C2=N/C(=C\c3ccc([N+](=O)[O-])cc3)C(=O)O2)cc1. The van der Waals surface area contributed by atoms with Crippen LogP contribution in [0, 0.1) is 10.1 Å². The standard InChI is InChI=1S/C17H12N2O5/c1-23-14-8-4-12(5-9-14)16-18-15(17(20)24-16)10-11-2-6-13(7-3-11)19(21)22/h2-10H,1H3/b15-10-. The Bertz CT molecular complexity index is 852. The summed E-state index contributed by atoms with van der Waals surface area (Å²) in [7, 11) is 1.56. The molecule has 0 N–H and O–H groups in total. The van der Waals surface area contributed by atoms with Crippen LogP contribution in [0.3, 0.4) is 0 Å². The molecule has 0 fully saturated rings. The third kappa shape index (κ3) is 3.14. The fourth-order valence-electron chi connectivity index (χ4n) is 2.12. The van der Waals surface area contributed by atoms with Crippen molar-refractivity contribution in [2.24, 2.45) is 4.99 Å². The van der Waals surface area contributed by atoms with Crippen molar-refractivity contribution in [1.29, 1.82) is 0 Å². The highest BCUT2D eigenvalue weighted by molar-refractivity contribution is 6.12. The summed E-state index contributed by atoms with van der Waals surface area (Å²) in [5.74, 6) is 0.320. The average molecular weight is 324 g/mol. The summed E-state index contributed by atoms with van der Waals surface area (Å²) in [6.07, 6.45) is 1.52. The minimum Gasteiger partial charge on any atom is -0.497 e. The van der Waals surface area contributed by atoms with Gasteiger partial charge in [-0.15, -0.1) is 0 Å². The number of carbonyl (C=O) groups excluding carboxylic acids is 1. The summed E-state index contributed by atoms with van der Waals surface area (Å²) in [5, 5.41) is 10.6. The molecule has 7 nitrogen and oxygen atoms in total. The fourth-order valence-corrected chi connectivity index (χ4v) is 2.12. The van der Waals surface area contributed by atoms with Crippen LogP contribution in [-0.2, 0) is 9.53 Å². The summed E-state index contributed by atoms with van der Waals surface area (Å²) in [5.41, 5.74) is 1.38.